The number of likely N-dealkylation sites (N-methyl/N-ethyl adjacent to an activating group) is 1. The average Bonchev–Trinajstić information content (AvgIpc) is 3.08. The van der Waals surface area contributed by atoms with Crippen LogP contribution in [0.5, 0.6) is 0 Å². The predicted molar refractivity (Wildman–Crippen MR) is 114 cm³/mol. The number of fused-ring (bicyclic) bond motifs is 2. The molecule has 1 N–H and O–H groups in total. The van der Waals surface area contributed by atoms with Crippen molar-refractivity contribution in [2.75, 3.05) is 26.4 Å². The number of nitrogens with one attached hydrogen (secondary N) is 1. The third-order valence-corrected chi connectivity index (χ3v) is 7.25. The van der Waals surface area contributed by atoms with E-state index >= 15 is 0 Å². The van der Waals surface area contributed by atoms with Gasteiger partial charge in [0.15, 0.2) is 9.84 Å². The Kier molecular flexibility index (Phi) is 5.19. The number of amides is 1. The maximum Gasteiger partial charge on any atom is 0.253 e. The van der Waals surface area contributed by atoms with E-state index in [1.807, 2.05) is 50.6 Å². The first-order chi connectivity index (χ1) is 13.9. The Morgan fingerprint density at radius 2 is 1.86 bits per heavy atom. The number of carbonyl (C=O) groups is 1. The fraction of sp³-hybridized carbons (Fsp3) is 0.318. The lowest BCUT2D eigenvalue weighted by Gasteiger charge is -2.26. The summed E-state index contributed by atoms with van der Waals surface area (Å²) >= 11 is 0. The Balaban J connectivity index is 1.65. The maximum absolute atomic E-state index is 13.2. The van der Waals surface area contributed by atoms with E-state index in [9.17, 15) is 13.2 Å². The Bertz CT molecular complexity index is 1170. The van der Waals surface area contributed by atoms with Gasteiger partial charge in [-0.25, -0.2) is 8.42 Å². The van der Waals surface area contributed by atoms with Gasteiger partial charge in [0.05, 0.1) is 22.3 Å². The van der Waals surface area contributed by atoms with Gasteiger partial charge < -0.3 is 14.8 Å². The van der Waals surface area contributed by atoms with Crippen LogP contribution in [0, 0.1) is 0 Å². The van der Waals surface area contributed by atoms with Gasteiger partial charge in [-0.3, -0.25) is 4.79 Å². The van der Waals surface area contributed by atoms with Crippen LogP contribution < -0.4 is 5.32 Å². The number of benzene rings is 2. The molecule has 1 aliphatic heterocycles. The molecule has 3 aromatic rings. The highest BCUT2D eigenvalue weighted by atomic mass is 32.2. The quantitative estimate of drug-likeness (QED) is 0.701. The monoisotopic (exact) mass is 411 g/mol. The van der Waals surface area contributed by atoms with Crippen LogP contribution in [-0.2, 0) is 16.4 Å². The van der Waals surface area contributed by atoms with Gasteiger partial charge in [0.1, 0.15) is 0 Å². The van der Waals surface area contributed by atoms with E-state index in [0.717, 1.165) is 24.0 Å². The van der Waals surface area contributed by atoms with E-state index < -0.39 is 9.84 Å². The molecule has 0 fully saturated rings. The molecule has 0 bridgehead atoms. The van der Waals surface area contributed by atoms with Gasteiger partial charge in [0, 0.05) is 30.2 Å². The molecule has 0 spiro atoms. The minimum absolute atomic E-state index is 0.0412. The summed E-state index contributed by atoms with van der Waals surface area (Å²) in [5.74, 6) is -0.136. The van der Waals surface area contributed by atoms with Crippen molar-refractivity contribution < 1.29 is 13.2 Å². The van der Waals surface area contributed by atoms with E-state index in [4.69, 9.17) is 0 Å². The van der Waals surface area contributed by atoms with E-state index in [1.54, 1.807) is 18.2 Å². The summed E-state index contributed by atoms with van der Waals surface area (Å²) in [6.07, 6.45) is 2.28. The molecule has 2 aromatic carbocycles. The number of carbonyl (C=O) groups excluding carboxylic acids is 1. The molecule has 0 saturated carbocycles. The highest BCUT2D eigenvalue weighted by Gasteiger charge is 2.31. The van der Waals surface area contributed by atoms with Gasteiger partial charge in [0.2, 0.25) is 0 Å². The van der Waals surface area contributed by atoms with Gasteiger partial charge in [-0.15, -0.1) is 0 Å². The van der Waals surface area contributed by atoms with E-state index in [1.165, 1.54) is 0 Å². The Hall–Kier alpha value is -2.64. The molecule has 4 rings (SSSR count). The molecule has 0 saturated heterocycles. The molecule has 152 valence electrons. The van der Waals surface area contributed by atoms with Crippen molar-refractivity contribution in [2.24, 2.45) is 0 Å². The third kappa shape index (κ3) is 3.80. The Morgan fingerprint density at radius 1 is 1.14 bits per heavy atom. The van der Waals surface area contributed by atoms with E-state index in [0.29, 0.717) is 22.4 Å². The second-order valence-corrected chi connectivity index (χ2v) is 9.81. The SMILES string of the molecule is CN(C)CCn1cc(C(=O)NC2CCS(=O)(=O)c3ccccc32)c2ccccc21. The zero-order valence-electron chi connectivity index (χ0n) is 16.6. The van der Waals surface area contributed by atoms with Crippen LogP contribution in [0.4, 0.5) is 0 Å². The highest BCUT2D eigenvalue weighted by molar-refractivity contribution is 7.91. The molecular formula is C22H25N3O3S. The summed E-state index contributed by atoms with van der Waals surface area (Å²) in [4.78, 5) is 15.6. The standard InChI is InChI=1S/C22H25N3O3S/c1-24(2)12-13-25-15-18(16-7-3-5-9-20(16)25)22(26)23-19-11-14-29(27,28)21-10-6-4-8-17(19)21/h3-10,15,19H,11-14H2,1-2H3,(H,23,26). The lowest BCUT2D eigenvalue weighted by atomic mass is 10.0. The molecule has 0 aliphatic carbocycles. The lowest BCUT2D eigenvalue weighted by molar-refractivity contribution is 0.0936. The number of hydrogen-bond donors (Lipinski definition) is 1. The van der Waals surface area contributed by atoms with Crippen molar-refractivity contribution >= 4 is 26.6 Å². The van der Waals surface area contributed by atoms with Crippen molar-refractivity contribution in [3.63, 3.8) is 0 Å². The number of hydrogen-bond acceptors (Lipinski definition) is 4. The Morgan fingerprint density at radius 3 is 2.66 bits per heavy atom. The van der Waals surface area contributed by atoms with Gasteiger partial charge in [-0.1, -0.05) is 36.4 Å². The summed E-state index contributed by atoms with van der Waals surface area (Å²) in [6.45, 7) is 1.65. The highest BCUT2D eigenvalue weighted by Crippen LogP contribution is 2.32. The molecule has 6 nitrogen and oxygen atoms in total. The van der Waals surface area contributed by atoms with E-state index in [-0.39, 0.29) is 17.7 Å². The topological polar surface area (TPSA) is 71.4 Å². The van der Waals surface area contributed by atoms with E-state index in [2.05, 4.69) is 14.8 Å². The van der Waals surface area contributed by atoms with Crippen LogP contribution in [0.15, 0.2) is 59.6 Å². The minimum Gasteiger partial charge on any atom is -0.345 e. The van der Waals surface area contributed by atoms with Crippen molar-refractivity contribution in [3.8, 4) is 0 Å². The van der Waals surface area contributed by atoms with Crippen molar-refractivity contribution in [1.29, 1.82) is 0 Å². The number of aromatic nitrogens is 1. The lowest BCUT2D eigenvalue weighted by Crippen LogP contribution is -2.33. The Labute approximate surface area is 171 Å². The fourth-order valence-corrected chi connectivity index (χ4v) is 5.52. The normalized spacial score (nSPS) is 18.0. The third-order valence-electron chi connectivity index (χ3n) is 5.43. The van der Waals surface area contributed by atoms with Gasteiger partial charge >= 0.3 is 0 Å². The summed E-state index contributed by atoms with van der Waals surface area (Å²) < 4.78 is 26.8. The predicted octanol–water partition coefficient (Wildman–Crippen LogP) is 2.85. The van der Waals surface area contributed by atoms with Crippen molar-refractivity contribution in [1.82, 2.24) is 14.8 Å². The molecular weight excluding hydrogens is 386 g/mol. The van der Waals surface area contributed by atoms with Gasteiger partial charge in [-0.05, 0) is 38.2 Å². The zero-order valence-corrected chi connectivity index (χ0v) is 17.4. The number of rotatable bonds is 5. The number of sulfone groups is 1. The van der Waals surface area contributed by atoms with Crippen LogP contribution in [0.1, 0.15) is 28.4 Å². The van der Waals surface area contributed by atoms with Crippen LogP contribution in [-0.4, -0.2) is 50.2 Å². The summed E-state index contributed by atoms with van der Waals surface area (Å²) in [7, 11) is 0.762. The molecule has 7 heteroatoms. The van der Waals surface area contributed by atoms with Crippen LogP contribution in [0.25, 0.3) is 10.9 Å². The molecule has 2 heterocycles. The van der Waals surface area contributed by atoms with Crippen LogP contribution >= 0.6 is 0 Å². The summed E-state index contributed by atoms with van der Waals surface area (Å²) in [5, 5.41) is 3.98. The molecule has 1 unspecified atom stereocenters. The van der Waals surface area contributed by atoms with Crippen LogP contribution in [0.3, 0.4) is 0 Å². The number of para-hydroxylation sites is 1. The van der Waals surface area contributed by atoms with Gasteiger partial charge in [0.25, 0.3) is 5.91 Å². The molecule has 1 aromatic heterocycles. The molecule has 1 aliphatic rings. The zero-order chi connectivity index (χ0) is 20.6. The fourth-order valence-electron chi connectivity index (χ4n) is 3.90. The average molecular weight is 412 g/mol. The van der Waals surface area contributed by atoms with Gasteiger partial charge in [-0.2, -0.15) is 0 Å². The van der Waals surface area contributed by atoms with Crippen molar-refractivity contribution in [2.45, 2.75) is 23.9 Å². The maximum atomic E-state index is 13.2. The van der Waals surface area contributed by atoms with Crippen LogP contribution in [0.2, 0.25) is 0 Å². The second-order valence-electron chi connectivity index (χ2n) is 7.73. The number of nitrogens with zero attached hydrogens (tertiary/aromatic N) is 2. The molecule has 29 heavy (non-hydrogen) atoms. The molecule has 1 amide bonds. The largest absolute Gasteiger partial charge is 0.345 e. The molecule has 1 atom stereocenters. The summed E-state index contributed by atoms with van der Waals surface area (Å²) in [5.41, 5.74) is 2.31. The first-order valence-corrected chi connectivity index (χ1v) is 11.4. The molecule has 0 radical (unpaired) electrons. The van der Waals surface area contributed by atoms with Crippen molar-refractivity contribution in [3.05, 3.63) is 65.9 Å². The second kappa shape index (κ2) is 7.65. The first kappa shape index (κ1) is 19.7. The minimum atomic E-state index is -3.28. The summed E-state index contributed by atoms with van der Waals surface area (Å²) in [6, 6.07) is 14.5. The smallest absolute Gasteiger partial charge is 0.253 e. The first-order valence-electron chi connectivity index (χ1n) is 9.72.